The highest BCUT2D eigenvalue weighted by Crippen LogP contribution is 2.43. The summed E-state index contributed by atoms with van der Waals surface area (Å²) < 4.78 is 0. The number of amides is 1. The van der Waals surface area contributed by atoms with Crippen LogP contribution in [0.3, 0.4) is 0 Å². The van der Waals surface area contributed by atoms with Crippen LogP contribution in [0.2, 0.25) is 0 Å². The van der Waals surface area contributed by atoms with Crippen LogP contribution in [0, 0.1) is 9.81 Å². The summed E-state index contributed by atoms with van der Waals surface area (Å²) in [5, 5.41) is 5.97. The molecule has 1 aliphatic rings. The first-order chi connectivity index (χ1) is 13.9. The topological polar surface area (TPSA) is 128 Å². The van der Waals surface area contributed by atoms with E-state index in [1.807, 2.05) is 43.3 Å². The first kappa shape index (κ1) is 20.8. The zero-order valence-corrected chi connectivity index (χ0v) is 16.6. The van der Waals surface area contributed by atoms with Crippen LogP contribution in [0.25, 0.3) is 0 Å². The van der Waals surface area contributed by atoms with E-state index in [0.717, 1.165) is 52.6 Å². The third-order valence-corrected chi connectivity index (χ3v) is 5.69. The molecule has 0 bridgehead atoms. The fourth-order valence-electron chi connectivity index (χ4n) is 4.57. The fourth-order valence-corrected chi connectivity index (χ4v) is 4.57. The van der Waals surface area contributed by atoms with Gasteiger partial charge in [0, 0.05) is 6.04 Å². The molecule has 0 radical (unpaired) electrons. The Bertz CT molecular complexity index is 878. The first-order valence-electron chi connectivity index (χ1n) is 9.80. The van der Waals surface area contributed by atoms with Gasteiger partial charge >= 0.3 is 0 Å². The lowest BCUT2D eigenvalue weighted by Gasteiger charge is -2.38. The molecular formula is C22H26N4O3. The van der Waals surface area contributed by atoms with Crippen LogP contribution in [0.15, 0.2) is 46.8 Å². The van der Waals surface area contributed by atoms with Crippen LogP contribution in [-0.4, -0.2) is 11.9 Å². The molecule has 0 aliphatic heterocycles. The Kier molecular flexibility index (Phi) is 6.17. The molecule has 1 aliphatic carbocycles. The second-order valence-corrected chi connectivity index (χ2v) is 7.86. The van der Waals surface area contributed by atoms with Gasteiger partial charge in [-0.1, -0.05) is 46.8 Å². The zero-order valence-electron chi connectivity index (χ0n) is 16.6. The van der Waals surface area contributed by atoms with Crippen LogP contribution >= 0.6 is 0 Å². The van der Waals surface area contributed by atoms with Gasteiger partial charge in [0.05, 0.1) is 0 Å². The largest absolute Gasteiger partial charge is 0.369 e. The number of primary amides is 1. The number of nitrogens with two attached hydrogens (primary N) is 2. The van der Waals surface area contributed by atoms with Crippen molar-refractivity contribution in [1.29, 1.82) is 0 Å². The molecule has 1 atom stereocenters. The van der Waals surface area contributed by atoms with E-state index in [1.165, 1.54) is 0 Å². The number of rotatable bonds is 7. The summed E-state index contributed by atoms with van der Waals surface area (Å²) in [6.07, 6.45) is 2.71. The number of hydrogen-bond donors (Lipinski definition) is 2. The SMILES string of the molecule is C[C@@H](N)CC1(C(N)=O)c2ccc(CN=O)cc2CCCc2cc(CN=O)ccc21. The molecule has 152 valence electrons. The molecule has 2 aromatic carbocycles. The fraction of sp³-hybridized carbons (Fsp3) is 0.409. The number of aryl methyl sites for hydroxylation is 2. The lowest BCUT2D eigenvalue weighted by atomic mass is 9.65. The van der Waals surface area contributed by atoms with E-state index in [4.69, 9.17) is 11.5 Å². The van der Waals surface area contributed by atoms with Crippen molar-refractivity contribution in [1.82, 2.24) is 0 Å². The molecule has 0 aromatic heterocycles. The third kappa shape index (κ3) is 3.96. The normalized spacial score (nSPS) is 15.9. The molecule has 0 fully saturated rings. The van der Waals surface area contributed by atoms with Gasteiger partial charge in [-0.2, -0.15) is 9.81 Å². The van der Waals surface area contributed by atoms with E-state index in [2.05, 4.69) is 10.4 Å². The van der Waals surface area contributed by atoms with Gasteiger partial charge < -0.3 is 11.5 Å². The van der Waals surface area contributed by atoms with Gasteiger partial charge in [-0.05, 0) is 66.0 Å². The Morgan fingerprint density at radius 2 is 1.48 bits per heavy atom. The zero-order chi connectivity index (χ0) is 21.0. The number of hydrogen-bond acceptors (Lipinski definition) is 6. The van der Waals surface area contributed by atoms with Crippen molar-refractivity contribution in [3.8, 4) is 0 Å². The summed E-state index contributed by atoms with van der Waals surface area (Å²) in [5.41, 5.74) is 16.4. The number of benzene rings is 2. The second kappa shape index (κ2) is 8.61. The van der Waals surface area contributed by atoms with Crippen molar-refractivity contribution in [2.24, 2.45) is 21.8 Å². The number of carbonyl (C=O) groups is 1. The summed E-state index contributed by atoms with van der Waals surface area (Å²) in [6.45, 7) is 2.03. The summed E-state index contributed by atoms with van der Waals surface area (Å²) in [6, 6.07) is 11.1. The number of nitrogens with zero attached hydrogens (tertiary/aromatic N) is 2. The number of nitroso groups, excluding NO2 is 2. The summed E-state index contributed by atoms with van der Waals surface area (Å²) in [4.78, 5) is 34.5. The van der Waals surface area contributed by atoms with Crippen molar-refractivity contribution < 1.29 is 4.79 Å². The number of carbonyl (C=O) groups excluding carboxylic acids is 1. The van der Waals surface area contributed by atoms with Crippen molar-refractivity contribution in [2.75, 3.05) is 0 Å². The molecule has 3 rings (SSSR count). The Hall–Kier alpha value is -2.93. The van der Waals surface area contributed by atoms with Crippen LogP contribution in [0.4, 0.5) is 0 Å². The Balaban J connectivity index is 2.30. The minimum atomic E-state index is -1.08. The Morgan fingerprint density at radius 1 is 1.00 bits per heavy atom. The molecule has 0 spiro atoms. The van der Waals surface area contributed by atoms with Gasteiger partial charge in [-0.3, -0.25) is 4.79 Å². The highest BCUT2D eigenvalue weighted by molar-refractivity contribution is 5.92. The van der Waals surface area contributed by atoms with Gasteiger partial charge in [0.25, 0.3) is 0 Å². The van der Waals surface area contributed by atoms with Gasteiger partial charge in [-0.25, -0.2) is 0 Å². The average molecular weight is 394 g/mol. The molecule has 29 heavy (non-hydrogen) atoms. The second-order valence-electron chi connectivity index (χ2n) is 7.86. The minimum absolute atomic E-state index is 0.0861. The van der Waals surface area contributed by atoms with E-state index < -0.39 is 11.3 Å². The third-order valence-electron chi connectivity index (χ3n) is 5.69. The first-order valence-corrected chi connectivity index (χ1v) is 9.80. The average Bonchev–Trinajstić information content (AvgIpc) is 2.66. The van der Waals surface area contributed by atoms with Gasteiger partial charge in [0.1, 0.15) is 18.5 Å². The molecule has 7 heteroatoms. The molecule has 4 N–H and O–H groups in total. The molecule has 1 amide bonds. The smallest absolute Gasteiger partial charge is 0.232 e. The lowest BCUT2D eigenvalue weighted by molar-refractivity contribution is -0.122. The number of fused-ring (bicyclic) bond motifs is 2. The van der Waals surface area contributed by atoms with Crippen LogP contribution in [0.1, 0.15) is 53.1 Å². The van der Waals surface area contributed by atoms with E-state index in [1.54, 1.807) is 0 Å². The molecule has 0 heterocycles. The minimum Gasteiger partial charge on any atom is -0.369 e. The predicted molar refractivity (Wildman–Crippen MR) is 112 cm³/mol. The summed E-state index contributed by atoms with van der Waals surface area (Å²) in [5.74, 6) is -0.457. The highest BCUT2D eigenvalue weighted by Gasteiger charge is 2.44. The summed E-state index contributed by atoms with van der Waals surface area (Å²) in [7, 11) is 0. The predicted octanol–water partition coefficient (Wildman–Crippen LogP) is 3.22. The van der Waals surface area contributed by atoms with Crippen LogP contribution in [-0.2, 0) is 36.1 Å². The standard InChI is InChI=1S/C22H26N4O3/c1-14(23)11-22(21(24)27)19-7-5-15(12-25-28)9-17(19)3-2-4-18-10-16(13-26-29)6-8-20(18)22/h5-10,14H,2-4,11-13,23H2,1H3,(H2,24,27)/t14-/m1/s1. The monoisotopic (exact) mass is 394 g/mol. The van der Waals surface area contributed by atoms with Crippen molar-refractivity contribution >= 4 is 5.91 Å². The Labute approximate surface area is 169 Å². The van der Waals surface area contributed by atoms with Crippen LogP contribution < -0.4 is 11.5 Å². The molecule has 0 saturated carbocycles. The molecule has 0 saturated heterocycles. The lowest BCUT2D eigenvalue weighted by Crippen LogP contribution is -2.47. The van der Waals surface area contributed by atoms with Crippen molar-refractivity contribution in [3.05, 3.63) is 79.6 Å². The quantitative estimate of drug-likeness (QED) is 0.699. The molecule has 0 unspecified atom stereocenters. The van der Waals surface area contributed by atoms with Crippen LogP contribution in [0.5, 0.6) is 0 Å². The molecular weight excluding hydrogens is 368 g/mol. The van der Waals surface area contributed by atoms with E-state index in [-0.39, 0.29) is 19.1 Å². The van der Waals surface area contributed by atoms with Gasteiger partial charge in [0.2, 0.25) is 5.91 Å². The maximum absolute atomic E-state index is 13.1. The van der Waals surface area contributed by atoms with Gasteiger partial charge in [0.15, 0.2) is 0 Å². The van der Waals surface area contributed by atoms with Gasteiger partial charge in [-0.15, -0.1) is 0 Å². The van der Waals surface area contributed by atoms with E-state index in [9.17, 15) is 14.6 Å². The molecule has 2 aromatic rings. The van der Waals surface area contributed by atoms with E-state index in [0.29, 0.717) is 6.42 Å². The Morgan fingerprint density at radius 3 is 1.86 bits per heavy atom. The maximum atomic E-state index is 13.1. The highest BCUT2D eigenvalue weighted by atomic mass is 16.3. The molecule has 7 nitrogen and oxygen atoms in total. The maximum Gasteiger partial charge on any atom is 0.232 e. The summed E-state index contributed by atoms with van der Waals surface area (Å²) >= 11 is 0. The van der Waals surface area contributed by atoms with Crippen molar-refractivity contribution in [3.63, 3.8) is 0 Å². The van der Waals surface area contributed by atoms with E-state index >= 15 is 0 Å². The van der Waals surface area contributed by atoms with Crippen molar-refractivity contribution in [2.45, 2.75) is 57.2 Å².